The molecule has 2 nitrogen and oxygen atoms in total. The van der Waals surface area contributed by atoms with E-state index in [-0.39, 0.29) is 6.04 Å². The fourth-order valence-corrected chi connectivity index (χ4v) is 2.03. The molecule has 0 saturated carbocycles. The fourth-order valence-electron chi connectivity index (χ4n) is 2.03. The fraction of sp³-hybridized carbons (Fsp3) is 0.533. The van der Waals surface area contributed by atoms with Crippen LogP contribution < -0.4 is 0 Å². The number of hydrogen-bond donors (Lipinski definition) is 0. The van der Waals surface area contributed by atoms with Crippen LogP contribution in [0.15, 0.2) is 18.2 Å². The number of nitriles is 1. The zero-order valence-corrected chi connectivity index (χ0v) is 11.5. The van der Waals surface area contributed by atoms with Crippen LogP contribution in [0.1, 0.15) is 48.9 Å². The average molecular weight is 230 g/mol. The van der Waals surface area contributed by atoms with E-state index in [1.54, 1.807) is 0 Å². The first-order valence-electron chi connectivity index (χ1n) is 6.11. The molecule has 2 heteroatoms. The van der Waals surface area contributed by atoms with E-state index >= 15 is 0 Å². The quantitative estimate of drug-likeness (QED) is 0.789. The Kier molecular flexibility index (Phi) is 4.72. The first-order valence-corrected chi connectivity index (χ1v) is 6.11. The summed E-state index contributed by atoms with van der Waals surface area (Å²) in [5.41, 5.74) is 3.89. The molecule has 0 N–H and O–H groups in total. The summed E-state index contributed by atoms with van der Waals surface area (Å²) in [6.07, 6.45) is 0.537. The van der Waals surface area contributed by atoms with Crippen molar-refractivity contribution in [3.8, 4) is 6.07 Å². The van der Waals surface area contributed by atoms with Crippen molar-refractivity contribution in [3.63, 3.8) is 0 Å². The number of benzene rings is 1. The van der Waals surface area contributed by atoms with Crippen molar-refractivity contribution >= 4 is 0 Å². The van der Waals surface area contributed by atoms with E-state index in [4.69, 9.17) is 5.26 Å². The molecule has 0 aliphatic heterocycles. The van der Waals surface area contributed by atoms with Crippen LogP contribution in [0.4, 0.5) is 0 Å². The summed E-state index contributed by atoms with van der Waals surface area (Å²) >= 11 is 0. The lowest BCUT2D eigenvalue weighted by Gasteiger charge is -2.25. The molecule has 1 aromatic carbocycles. The summed E-state index contributed by atoms with van der Waals surface area (Å²) < 4.78 is 0. The molecule has 0 spiro atoms. The van der Waals surface area contributed by atoms with Crippen LogP contribution in [0.25, 0.3) is 0 Å². The van der Waals surface area contributed by atoms with Crippen LogP contribution in [0.3, 0.4) is 0 Å². The average Bonchev–Trinajstić information content (AvgIpc) is 2.26. The Morgan fingerprint density at radius 2 is 1.94 bits per heavy atom. The summed E-state index contributed by atoms with van der Waals surface area (Å²) in [5, 5.41) is 8.94. The van der Waals surface area contributed by atoms with Gasteiger partial charge in [-0.3, -0.25) is 0 Å². The van der Waals surface area contributed by atoms with E-state index in [9.17, 15) is 0 Å². The molecule has 0 saturated heterocycles. The lowest BCUT2D eigenvalue weighted by atomic mass is 9.92. The Balaban J connectivity index is 3.18. The second-order valence-electron chi connectivity index (χ2n) is 5.11. The van der Waals surface area contributed by atoms with Crippen molar-refractivity contribution in [2.45, 2.75) is 39.2 Å². The molecule has 1 unspecified atom stereocenters. The van der Waals surface area contributed by atoms with Gasteiger partial charge in [-0.1, -0.05) is 32.0 Å². The SMILES string of the molecule is Cc1ccc(C(C)C)cc1C(CC#N)N(C)C. The van der Waals surface area contributed by atoms with Crippen LogP contribution >= 0.6 is 0 Å². The molecule has 0 fully saturated rings. The van der Waals surface area contributed by atoms with E-state index in [1.165, 1.54) is 16.7 Å². The Labute approximate surface area is 105 Å². The van der Waals surface area contributed by atoms with Crippen LogP contribution in [0.2, 0.25) is 0 Å². The van der Waals surface area contributed by atoms with Gasteiger partial charge in [-0.2, -0.15) is 5.26 Å². The largest absolute Gasteiger partial charge is 0.301 e. The zero-order valence-electron chi connectivity index (χ0n) is 11.5. The molecule has 0 aliphatic rings. The summed E-state index contributed by atoms with van der Waals surface area (Å²) in [4.78, 5) is 2.12. The highest BCUT2D eigenvalue weighted by molar-refractivity contribution is 5.35. The maximum absolute atomic E-state index is 8.94. The van der Waals surface area contributed by atoms with Gasteiger partial charge in [-0.05, 0) is 43.6 Å². The van der Waals surface area contributed by atoms with Gasteiger partial charge in [0.05, 0.1) is 12.5 Å². The smallest absolute Gasteiger partial charge is 0.0641 e. The van der Waals surface area contributed by atoms with Crippen molar-refractivity contribution in [2.75, 3.05) is 14.1 Å². The Bertz CT molecular complexity index is 413. The Morgan fingerprint density at radius 1 is 1.29 bits per heavy atom. The van der Waals surface area contributed by atoms with E-state index < -0.39 is 0 Å². The van der Waals surface area contributed by atoms with Gasteiger partial charge in [0.2, 0.25) is 0 Å². The van der Waals surface area contributed by atoms with Gasteiger partial charge >= 0.3 is 0 Å². The van der Waals surface area contributed by atoms with Crippen LogP contribution in [0.5, 0.6) is 0 Å². The topological polar surface area (TPSA) is 27.0 Å². The van der Waals surface area contributed by atoms with Gasteiger partial charge in [-0.25, -0.2) is 0 Å². The molecular weight excluding hydrogens is 208 g/mol. The molecule has 0 heterocycles. The molecule has 0 aromatic heterocycles. The summed E-state index contributed by atoms with van der Waals surface area (Å²) in [6, 6.07) is 9.08. The van der Waals surface area contributed by atoms with Gasteiger partial charge in [0.15, 0.2) is 0 Å². The highest BCUT2D eigenvalue weighted by Crippen LogP contribution is 2.28. The third-order valence-corrected chi connectivity index (χ3v) is 3.24. The molecule has 0 amide bonds. The first kappa shape index (κ1) is 13.7. The second-order valence-corrected chi connectivity index (χ2v) is 5.11. The van der Waals surface area contributed by atoms with E-state index in [0.717, 1.165) is 0 Å². The van der Waals surface area contributed by atoms with Gasteiger partial charge in [-0.15, -0.1) is 0 Å². The third-order valence-electron chi connectivity index (χ3n) is 3.24. The predicted octanol–water partition coefficient (Wildman–Crippen LogP) is 3.63. The number of aryl methyl sites for hydroxylation is 1. The summed E-state index contributed by atoms with van der Waals surface area (Å²) in [7, 11) is 4.06. The standard InChI is InChI=1S/C15H22N2/c1-11(2)13-7-6-12(3)14(10-13)15(8-9-16)17(4)5/h6-7,10-11,15H,8H2,1-5H3. The van der Waals surface area contributed by atoms with Crippen molar-refractivity contribution in [1.82, 2.24) is 4.90 Å². The maximum atomic E-state index is 8.94. The van der Waals surface area contributed by atoms with Crippen LogP contribution in [-0.2, 0) is 0 Å². The zero-order chi connectivity index (χ0) is 13.0. The number of rotatable bonds is 4. The minimum atomic E-state index is 0.193. The first-order chi connectivity index (χ1) is 7.97. The third kappa shape index (κ3) is 3.31. The van der Waals surface area contributed by atoms with Crippen molar-refractivity contribution in [3.05, 3.63) is 34.9 Å². The molecule has 0 aliphatic carbocycles. The molecule has 1 aromatic rings. The molecule has 0 radical (unpaired) electrons. The van der Waals surface area contributed by atoms with E-state index in [1.807, 2.05) is 14.1 Å². The normalized spacial score (nSPS) is 12.8. The molecule has 0 bridgehead atoms. The lowest BCUT2D eigenvalue weighted by molar-refractivity contribution is 0.302. The van der Waals surface area contributed by atoms with E-state index in [2.05, 4.69) is 49.9 Å². The van der Waals surface area contributed by atoms with Gasteiger partial charge in [0.1, 0.15) is 0 Å². The number of hydrogen-bond acceptors (Lipinski definition) is 2. The lowest BCUT2D eigenvalue weighted by Crippen LogP contribution is -2.20. The minimum absolute atomic E-state index is 0.193. The van der Waals surface area contributed by atoms with E-state index in [0.29, 0.717) is 12.3 Å². The van der Waals surface area contributed by atoms with Crippen LogP contribution in [0, 0.1) is 18.3 Å². The molecule has 1 atom stereocenters. The van der Waals surface area contributed by atoms with Gasteiger partial charge in [0.25, 0.3) is 0 Å². The second kappa shape index (κ2) is 5.84. The van der Waals surface area contributed by atoms with Crippen molar-refractivity contribution in [1.29, 1.82) is 5.26 Å². The Morgan fingerprint density at radius 3 is 2.41 bits per heavy atom. The minimum Gasteiger partial charge on any atom is -0.301 e. The highest BCUT2D eigenvalue weighted by Gasteiger charge is 2.16. The maximum Gasteiger partial charge on any atom is 0.0641 e. The molecule has 17 heavy (non-hydrogen) atoms. The molecule has 92 valence electrons. The summed E-state index contributed by atoms with van der Waals surface area (Å²) in [5.74, 6) is 0.527. The molecule has 1 rings (SSSR count). The summed E-state index contributed by atoms with van der Waals surface area (Å²) in [6.45, 7) is 6.51. The van der Waals surface area contributed by atoms with Crippen molar-refractivity contribution in [2.24, 2.45) is 0 Å². The Hall–Kier alpha value is -1.33. The monoisotopic (exact) mass is 230 g/mol. The predicted molar refractivity (Wildman–Crippen MR) is 71.9 cm³/mol. The van der Waals surface area contributed by atoms with Crippen LogP contribution in [-0.4, -0.2) is 19.0 Å². The van der Waals surface area contributed by atoms with Gasteiger partial charge in [0, 0.05) is 6.04 Å². The van der Waals surface area contributed by atoms with Crippen molar-refractivity contribution < 1.29 is 0 Å². The molecular formula is C15H22N2. The number of nitrogens with zero attached hydrogens (tertiary/aromatic N) is 2. The van der Waals surface area contributed by atoms with Gasteiger partial charge < -0.3 is 4.90 Å². The highest BCUT2D eigenvalue weighted by atomic mass is 15.1.